The van der Waals surface area contributed by atoms with Gasteiger partial charge in [-0.1, -0.05) is 0 Å². The van der Waals surface area contributed by atoms with E-state index in [1.54, 1.807) is 0 Å². The van der Waals surface area contributed by atoms with Gasteiger partial charge in [-0.2, -0.15) is 0 Å². The first-order valence-electron chi connectivity index (χ1n) is 2.22. The maximum atomic E-state index is 2.35. The van der Waals surface area contributed by atoms with E-state index in [9.17, 15) is 0 Å². The molecule has 0 aromatic heterocycles. The van der Waals surface area contributed by atoms with E-state index in [0.29, 0.717) is 3.21 Å². The molecule has 0 heterocycles. The van der Waals surface area contributed by atoms with Gasteiger partial charge in [0.05, 0.1) is 0 Å². The van der Waals surface area contributed by atoms with Crippen LogP contribution in [0.25, 0.3) is 0 Å². The molecule has 44 valence electrons. The average molecular weight is 230 g/mol. The summed E-state index contributed by atoms with van der Waals surface area (Å²) in [5, 5.41) is 0. The SMILES string of the molecule is C[Se]C(C)(C)[Se]C. The van der Waals surface area contributed by atoms with Gasteiger partial charge in [-0.05, 0) is 0 Å². The summed E-state index contributed by atoms with van der Waals surface area (Å²) in [5.74, 6) is 4.64. The number of rotatable bonds is 2. The fourth-order valence-corrected chi connectivity index (χ4v) is 2.25. The van der Waals surface area contributed by atoms with Gasteiger partial charge < -0.3 is 0 Å². The molecule has 0 radical (unpaired) electrons. The van der Waals surface area contributed by atoms with Crippen LogP contribution in [0.2, 0.25) is 14.9 Å². The van der Waals surface area contributed by atoms with Crippen molar-refractivity contribution in [3.05, 3.63) is 0 Å². The van der Waals surface area contributed by atoms with E-state index >= 15 is 0 Å². The van der Waals surface area contributed by atoms with Crippen LogP contribution >= 0.6 is 0 Å². The molecule has 0 aliphatic heterocycles. The summed E-state index contributed by atoms with van der Waals surface area (Å²) in [5.41, 5.74) is 0. The van der Waals surface area contributed by atoms with Crippen LogP contribution in [-0.4, -0.2) is 29.9 Å². The Kier molecular flexibility index (Phi) is 3.61. The molecular weight excluding hydrogens is 218 g/mol. The normalized spacial score (nSPS) is 12.0. The molecule has 0 saturated heterocycles. The summed E-state index contributed by atoms with van der Waals surface area (Å²) >= 11 is 1.70. The van der Waals surface area contributed by atoms with Crippen molar-refractivity contribution in [1.82, 2.24) is 0 Å². The van der Waals surface area contributed by atoms with Gasteiger partial charge in [0.15, 0.2) is 0 Å². The van der Waals surface area contributed by atoms with Crippen molar-refractivity contribution in [2.45, 2.75) is 28.7 Å². The van der Waals surface area contributed by atoms with Gasteiger partial charge in [-0.3, -0.25) is 0 Å². The zero-order chi connectivity index (χ0) is 5.91. The summed E-state index contributed by atoms with van der Waals surface area (Å²) in [7, 11) is 0. The molecule has 0 aromatic rings. The second-order valence-electron chi connectivity index (χ2n) is 1.81. The van der Waals surface area contributed by atoms with Crippen molar-refractivity contribution in [1.29, 1.82) is 0 Å². The molecule has 7 heavy (non-hydrogen) atoms. The number of hydrogen-bond acceptors (Lipinski definition) is 0. The van der Waals surface area contributed by atoms with Gasteiger partial charge in [0, 0.05) is 0 Å². The molecule has 0 nitrogen and oxygen atoms in total. The third-order valence-corrected chi connectivity index (χ3v) is 8.74. The quantitative estimate of drug-likeness (QED) is 0.632. The first-order valence-corrected chi connectivity index (χ1v) is 7.36. The van der Waals surface area contributed by atoms with Crippen LogP contribution in [0.5, 0.6) is 0 Å². The van der Waals surface area contributed by atoms with Crippen molar-refractivity contribution in [3.63, 3.8) is 0 Å². The van der Waals surface area contributed by atoms with Gasteiger partial charge in [-0.25, -0.2) is 0 Å². The van der Waals surface area contributed by atoms with Gasteiger partial charge in [0.2, 0.25) is 0 Å². The summed E-state index contributed by atoms with van der Waals surface area (Å²) in [6, 6.07) is 0. The van der Waals surface area contributed by atoms with Crippen LogP contribution in [0.15, 0.2) is 0 Å². The predicted molar refractivity (Wildman–Crippen MR) is 37.3 cm³/mol. The average Bonchev–Trinajstić information content (AvgIpc) is 1.68. The van der Waals surface area contributed by atoms with Crippen molar-refractivity contribution < 1.29 is 0 Å². The second kappa shape index (κ2) is 3.14. The molecule has 0 unspecified atom stereocenters. The van der Waals surface area contributed by atoms with Crippen molar-refractivity contribution >= 4 is 29.9 Å². The molecule has 0 aliphatic rings. The first-order chi connectivity index (χ1) is 3.12. The Balaban J connectivity index is 3.36. The van der Waals surface area contributed by atoms with Crippen molar-refractivity contribution in [2.24, 2.45) is 0 Å². The molecule has 0 aliphatic carbocycles. The summed E-state index contributed by atoms with van der Waals surface area (Å²) in [6.45, 7) is 4.71. The van der Waals surface area contributed by atoms with E-state index in [-0.39, 0.29) is 0 Å². The second-order valence-corrected chi connectivity index (χ2v) is 9.11. The molecule has 0 amide bonds. The molecule has 0 fully saturated rings. The monoisotopic (exact) mass is 232 g/mol. The van der Waals surface area contributed by atoms with Crippen LogP contribution in [0.3, 0.4) is 0 Å². The minimum atomic E-state index is 0.708. The molecule has 0 aromatic carbocycles. The van der Waals surface area contributed by atoms with Gasteiger partial charge in [0.1, 0.15) is 0 Å². The summed E-state index contributed by atoms with van der Waals surface area (Å²) in [4.78, 5) is 0. The van der Waals surface area contributed by atoms with E-state index < -0.39 is 0 Å². The van der Waals surface area contributed by atoms with Crippen LogP contribution in [0, 0.1) is 0 Å². The Labute approximate surface area is 58.8 Å². The predicted octanol–water partition coefficient (Wildman–Crippen LogP) is 1.65. The number of hydrogen-bond donors (Lipinski definition) is 0. The maximum absolute atomic E-state index is 2.35. The van der Waals surface area contributed by atoms with E-state index in [2.05, 4.69) is 25.5 Å². The van der Waals surface area contributed by atoms with Crippen LogP contribution in [-0.2, 0) is 0 Å². The Morgan fingerprint density at radius 1 is 1.00 bits per heavy atom. The Morgan fingerprint density at radius 2 is 1.29 bits per heavy atom. The Hall–Kier alpha value is 1.04. The summed E-state index contributed by atoms with van der Waals surface area (Å²) in [6.07, 6.45) is 0. The molecule has 0 N–H and O–H groups in total. The zero-order valence-electron chi connectivity index (χ0n) is 5.32. The Bertz CT molecular complexity index is 44.0. The van der Waals surface area contributed by atoms with Crippen LogP contribution < -0.4 is 0 Å². The van der Waals surface area contributed by atoms with Crippen molar-refractivity contribution in [3.8, 4) is 0 Å². The van der Waals surface area contributed by atoms with Crippen LogP contribution in [0.4, 0.5) is 0 Å². The van der Waals surface area contributed by atoms with E-state index in [4.69, 9.17) is 0 Å². The van der Waals surface area contributed by atoms with Gasteiger partial charge >= 0.3 is 58.6 Å². The third-order valence-electron chi connectivity index (χ3n) is 0.983. The Morgan fingerprint density at radius 3 is 1.29 bits per heavy atom. The fraction of sp³-hybridized carbons (Fsp3) is 1.00. The summed E-state index contributed by atoms with van der Waals surface area (Å²) < 4.78 is 0.708. The molecule has 0 bridgehead atoms. The van der Waals surface area contributed by atoms with Crippen molar-refractivity contribution in [2.75, 3.05) is 0 Å². The van der Waals surface area contributed by atoms with E-state index in [1.165, 1.54) is 0 Å². The van der Waals surface area contributed by atoms with Gasteiger partial charge in [0.25, 0.3) is 0 Å². The molecule has 0 rings (SSSR count). The molecule has 0 saturated carbocycles. The zero-order valence-corrected chi connectivity index (χ0v) is 8.74. The molecule has 0 atom stereocenters. The van der Waals surface area contributed by atoms with Crippen LogP contribution in [0.1, 0.15) is 13.8 Å². The molecule has 0 spiro atoms. The molecular formula is C5H12Se2. The van der Waals surface area contributed by atoms with Gasteiger partial charge in [-0.15, -0.1) is 0 Å². The third kappa shape index (κ3) is 3.61. The molecule has 2 heteroatoms. The van der Waals surface area contributed by atoms with E-state index in [1.807, 2.05) is 0 Å². The first kappa shape index (κ1) is 8.04. The standard InChI is InChI=1S/C5H12Se2/c1-5(2,6-3)7-4/h1-4H3. The topological polar surface area (TPSA) is 0 Å². The fourth-order valence-electron chi connectivity index (χ4n) is 0.0833. The minimum absolute atomic E-state index is 0.708. The van der Waals surface area contributed by atoms with E-state index in [0.717, 1.165) is 29.9 Å².